The third-order valence-electron chi connectivity index (χ3n) is 2.52. The van der Waals surface area contributed by atoms with Crippen LogP contribution in [-0.4, -0.2) is 9.48 Å². The number of rotatable bonds is 3. The quantitative estimate of drug-likeness (QED) is 0.869. The molecule has 1 heterocycles. The molecule has 1 N–H and O–H groups in total. The van der Waals surface area contributed by atoms with Crippen LogP contribution in [0.15, 0.2) is 36.9 Å². The molecule has 6 heteroatoms. The summed E-state index contributed by atoms with van der Waals surface area (Å²) in [5.74, 6) is -0.390. The van der Waals surface area contributed by atoms with Gasteiger partial charge in [-0.3, -0.25) is 0 Å². The van der Waals surface area contributed by atoms with Crippen molar-refractivity contribution in [1.29, 1.82) is 0 Å². The van der Waals surface area contributed by atoms with Crippen LogP contribution in [0.4, 0.5) is 4.39 Å². The van der Waals surface area contributed by atoms with Crippen molar-refractivity contribution in [3.05, 3.63) is 63.4 Å². The highest BCUT2D eigenvalue weighted by Crippen LogP contribution is 2.41. The molecule has 2 rings (SSSR count). The van der Waals surface area contributed by atoms with Crippen LogP contribution >= 0.6 is 34.7 Å². The predicted molar refractivity (Wildman–Crippen MR) is 71.7 cm³/mol. The summed E-state index contributed by atoms with van der Waals surface area (Å²) in [6, 6.07) is 5.42. The maximum atomic E-state index is 12.9. The highest BCUT2D eigenvalue weighted by molar-refractivity contribution is 7.07. The van der Waals surface area contributed by atoms with Gasteiger partial charge in [-0.25, -0.2) is 4.39 Å². The van der Waals surface area contributed by atoms with Crippen LogP contribution in [0.2, 0.25) is 10.2 Å². The Morgan fingerprint density at radius 2 is 1.94 bits per heavy atom. The Balaban J connectivity index is 2.58. The van der Waals surface area contributed by atoms with Crippen LogP contribution in [-0.2, 0) is 5.60 Å². The third kappa shape index (κ3) is 2.17. The third-order valence-corrected chi connectivity index (χ3v) is 4.45. The lowest BCUT2D eigenvalue weighted by molar-refractivity contribution is 0.139. The van der Waals surface area contributed by atoms with E-state index in [1.807, 2.05) is 0 Å². The first kappa shape index (κ1) is 13.5. The Morgan fingerprint density at radius 3 is 2.39 bits per heavy atom. The molecule has 0 radical (unpaired) electrons. The molecule has 0 amide bonds. The van der Waals surface area contributed by atoms with Crippen LogP contribution in [0.3, 0.4) is 0 Å². The van der Waals surface area contributed by atoms with Gasteiger partial charge < -0.3 is 5.11 Å². The molecular weight excluding hydrogens is 296 g/mol. The average molecular weight is 304 g/mol. The fourth-order valence-corrected chi connectivity index (χ4v) is 2.92. The van der Waals surface area contributed by atoms with Gasteiger partial charge in [0.1, 0.15) is 11.4 Å². The number of hydrogen-bond donors (Lipinski definition) is 1. The Morgan fingerprint density at radius 1 is 1.33 bits per heavy atom. The molecule has 0 aliphatic rings. The molecular formula is C12H8Cl2FNOS. The molecule has 1 aromatic heterocycles. The Kier molecular flexibility index (Phi) is 3.73. The Bertz CT molecular complexity index is 584. The summed E-state index contributed by atoms with van der Waals surface area (Å²) >= 11 is 12.7. The van der Waals surface area contributed by atoms with Gasteiger partial charge in [-0.2, -0.15) is 4.37 Å². The Labute approximate surface area is 117 Å². The highest BCUT2D eigenvalue weighted by atomic mass is 35.5. The van der Waals surface area contributed by atoms with Gasteiger partial charge in [-0.15, -0.1) is 0 Å². The van der Waals surface area contributed by atoms with E-state index in [4.69, 9.17) is 23.2 Å². The molecule has 0 spiro atoms. The van der Waals surface area contributed by atoms with Crippen molar-refractivity contribution in [3.63, 3.8) is 0 Å². The molecule has 0 fully saturated rings. The number of benzene rings is 1. The molecule has 0 saturated heterocycles. The van der Waals surface area contributed by atoms with Crippen LogP contribution in [0.5, 0.6) is 0 Å². The van der Waals surface area contributed by atoms with Crippen molar-refractivity contribution in [2.75, 3.05) is 0 Å². The summed E-state index contributed by atoms with van der Waals surface area (Å²) in [6.45, 7) is 3.59. The molecule has 2 aromatic rings. The number of aromatic nitrogens is 1. The molecule has 0 aliphatic heterocycles. The smallest absolute Gasteiger partial charge is 0.161 e. The molecule has 0 saturated carbocycles. The van der Waals surface area contributed by atoms with E-state index in [9.17, 15) is 9.50 Å². The lowest BCUT2D eigenvalue weighted by Gasteiger charge is -2.23. The minimum atomic E-state index is -1.53. The molecule has 0 aliphatic carbocycles. The standard InChI is InChI=1S/C12H8Cl2FNOS/c1-2-12(17,7-3-5-8(15)6-4-7)10-9(13)11(14)16-18-10/h2-6,17H,1H2. The molecule has 0 bridgehead atoms. The topological polar surface area (TPSA) is 33.1 Å². The minimum absolute atomic E-state index is 0.124. The fraction of sp³-hybridized carbons (Fsp3) is 0.0833. The van der Waals surface area contributed by atoms with Crippen LogP contribution in [0, 0.1) is 5.82 Å². The summed E-state index contributed by atoms with van der Waals surface area (Å²) in [7, 11) is 0. The minimum Gasteiger partial charge on any atom is -0.376 e. The monoisotopic (exact) mass is 303 g/mol. The van der Waals surface area contributed by atoms with E-state index in [-0.39, 0.29) is 10.2 Å². The summed E-state index contributed by atoms with van der Waals surface area (Å²) < 4.78 is 16.8. The first-order valence-electron chi connectivity index (χ1n) is 4.92. The number of halogens is 3. The zero-order valence-electron chi connectivity index (χ0n) is 9.03. The molecule has 1 unspecified atom stereocenters. The van der Waals surface area contributed by atoms with E-state index in [1.165, 1.54) is 30.3 Å². The van der Waals surface area contributed by atoms with Crippen LogP contribution < -0.4 is 0 Å². The maximum absolute atomic E-state index is 12.9. The van der Waals surface area contributed by atoms with Gasteiger partial charge in [0.05, 0.1) is 9.90 Å². The average Bonchev–Trinajstić information content (AvgIpc) is 2.70. The van der Waals surface area contributed by atoms with Gasteiger partial charge in [-0.05, 0) is 29.2 Å². The zero-order valence-corrected chi connectivity index (χ0v) is 11.4. The summed E-state index contributed by atoms with van der Waals surface area (Å²) in [4.78, 5) is 0.357. The fourth-order valence-electron chi connectivity index (χ4n) is 1.54. The molecule has 2 nitrogen and oxygen atoms in total. The number of nitrogens with zero attached hydrogens (tertiary/aromatic N) is 1. The van der Waals surface area contributed by atoms with Gasteiger partial charge in [0.2, 0.25) is 0 Å². The van der Waals surface area contributed by atoms with Crippen molar-refractivity contribution in [1.82, 2.24) is 4.37 Å². The van der Waals surface area contributed by atoms with Crippen molar-refractivity contribution >= 4 is 34.7 Å². The molecule has 1 atom stereocenters. The second-order valence-corrected chi connectivity index (χ2v) is 5.10. The first-order valence-corrected chi connectivity index (χ1v) is 6.45. The van der Waals surface area contributed by atoms with Crippen molar-refractivity contribution < 1.29 is 9.50 Å². The van der Waals surface area contributed by atoms with Crippen molar-refractivity contribution in [2.24, 2.45) is 0 Å². The van der Waals surface area contributed by atoms with E-state index >= 15 is 0 Å². The lowest BCUT2D eigenvalue weighted by atomic mass is 9.92. The van der Waals surface area contributed by atoms with E-state index in [0.717, 1.165) is 11.5 Å². The van der Waals surface area contributed by atoms with Crippen molar-refractivity contribution in [2.45, 2.75) is 5.60 Å². The van der Waals surface area contributed by atoms with Gasteiger partial charge in [-0.1, -0.05) is 48.0 Å². The SMILES string of the molecule is C=CC(O)(c1ccc(F)cc1)c1snc(Cl)c1Cl. The molecule has 94 valence electrons. The van der Waals surface area contributed by atoms with E-state index in [1.54, 1.807) is 0 Å². The van der Waals surface area contributed by atoms with Gasteiger partial charge in [0, 0.05) is 0 Å². The van der Waals surface area contributed by atoms with E-state index < -0.39 is 11.4 Å². The van der Waals surface area contributed by atoms with Gasteiger partial charge in [0.15, 0.2) is 5.15 Å². The second-order valence-electron chi connectivity index (χ2n) is 3.59. The second kappa shape index (κ2) is 4.97. The van der Waals surface area contributed by atoms with Gasteiger partial charge in [0.25, 0.3) is 0 Å². The van der Waals surface area contributed by atoms with E-state index in [0.29, 0.717) is 10.4 Å². The van der Waals surface area contributed by atoms with Gasteiger partial charge >= 0.3 is 0 Å². The number of hydrogen-bond acceptors (Lipinski definition) is 3. The lowest BCUT2D eigenvalue weighted by Crippen LogP contribution is -2.23. The molecule has 18 heavy (non-hydrogen) atoms. The zero-order chi connectivity index (χ0) is 13.3. The summed E-state index contributed by atoms with van der Waals surface area (Å²) in [5, 5.41) is 10.9. The van der Waals surface area contributed by atoms with Crippen LogP contribution in [0.25, 0.3) is 0 Å². The largest absolute Gasteiger partial charge is 0.376 e. The normalized spacial score (nSPS) is 14.2. The van der Waals surface area contributed by atoms with E-state index in [2.05, 4.69) is 11.0 Å². The molecule has 1 aromatic carbocycles. The summed E-state index contributed by atoms with van der Waals surface area (Å²) in [6.07, 6.45) is 1.32. The maximum Gasteiger partial charge on any atom is 0.161 e. The summed E-state index contributed by atoms with van der Waals surface area (Å²) in [5.41, 5.74) is -1.09. The van der Waals surface area contributed by atoms with Crippen LogP contribution in [0.1, 0.15) is 10.4 Å². The first-order chi connectivity index (χ1) is 8.49. The highest BCUT2D eigenvalue weighted by Gasteiger charge is 2.33. The van der Waals surface area contributed by atoms with Crippen molar-refractivity contribution in [3.8, 4) is 0 Å². The Hall–Kier alpha value is -0.940. The predicted octanol–water partition coefficient (Wildman–Crippen LogP) is 4.01. The number of aliphatic hydroxyl groups is 1.